The van der Waals surface area contributed by atoms with E-state index in [9.17, 15) is 14.9 Å². The van der Waals surface area contributed by atoms with Gasteiger partial charge in [0.1, 0.15) is 12.3 Å². The Bertz CT molecular complexity index is 1400. The minimum atomic E-state index is -0.489. The van der Waals surface area contributed by atoms with Crippen LogP contribution >= 0.6 is 0 Å². The van der Waals surface area contributed by atoms with E-state index in [1.54, 1.807) is 25.3 Å². The molecule has 3 aromatic carbocycles. The third kappa shape index (κ3) is 5.92. The van der Waals surface area contributed by atoms with E-state index in [4.69, 9.17) is 9.47 Å². The van der Waals surface area contributed by atoms with Gasteiger partial charge >= 0.3 is 0 Å². The summed E-state index contributed by atoms with van der Waals surface area (Å²) in [5, 5.41) is 21.5. The zero-order valence-electron chi connectivity index (χ0n) is 19.6. The smallest absolute Gasteiger partial charge is 0.289 e. The molecule has 0 saturated carbocycles. The highest BCUT2D eigenvalue weighted by molar-refractivity contribution is 5.94. The Labute approximate surface area is 206 Å². The lowest BCUT2D eigenvalue weighted by molar-refractivity contribution is -0.384. The van der Waals surface area contributed by atoms with Gasteiger partial charge in [-0.1, -0.05) is 29.8 Å². The summed E-state index contributed by atoms with van der Waals surface area (Å²) in [5.74, 6) is 0.647. The molecule has 0 radical (unpaired) electrons. The SMILES string of the molecule is COc1cc(-c2cc(C(=O)N/N=C\c3ccc([N+](=O)[O-])cc3)[nH]n2)ccc1OCc1ccc(C)cc1. The van der Waals surface area contributed by atoms with E-state index >= 15 is 0 Å². The molecule has 0 unspecified atom stereocenters. The Hall–Kier alpha value is -4.99. The Morgan fingerprint density at radius 2 is 1.83 bits per heavy atom. The number of nitro groups is 1. The Balaban J connectivity index is 1.39. The number of nitrogens with one attached hydrogen (secondary N) is 2. The van der Waals surface area contributed by atoms with E-state index in [1.807, 2.05) is 37.3 Å². The van der Waals surface area contributed by atoms with Gasteiger partial charge in [-0.2, -0.15) is 10.2 Å². The predicted molar refractivity (Wildman–Crippen MR) is 134 cm³/mol. The highest BCUT2D eigenvalue weighted by Crippen LogP contribution is 2.32. The third-order valence-electron chi connectivity index (χ3n) is 5.28. The Morgan fingerprint density at radius 3 is 2.53 bits per heavy atom. The number of carbonyl (C=O) groups excluding carboxylic acids is 1. The van der Waals surface area contributed by atoms with Crippen molar-refractivity contribution in [2.75, 3.05) is 7.11 Å². The minimum Gasteiger partial charge on any atom is -0.493 e. The molecule has 1 aromatic heterocycles. The summed E-state index contributed by atoms with van der Waals surface area (Å²) in [7, 11) is 1.56. The van der Waals surface area contributed by atoms with Crippen LogP contribution in [0.3, 0.4) is 0 Å². The number of ether oxygens (including phenoxy) is 2. The maximum atomic E-state index is 12.4. The van der Waals surface area contributed by atoms with E-state index in [0.29, 0.717) is 29.4 Å². The van der Waals surface area contributed by atoms with Gasteiger partial charge in [0.05, 0.1) is 23.9 Å². The fourth-order valence-electron chi connectivity index (χ4n) is 3.29. The van der Waals surface area contributed by atoms with Crippen LogP contribution in [0.2, 0.25) is 0 Å². The quantitative estimate of drug-likeness (QED) is 0.202. The highest BCUT2D eigenvalue weighted by atomic mass is 16.6. The molecule has 4 rings (SSSR count). The molecule has 0 aliphatic carbocycles. The van der Waals surface area contributed by atoms with Gasteiger partial charge in [-0.3, -0.25) is 20.0 Å². The predicted octanol–water partition coefficient (Wildman–Crippen LogP) is 4.64. The number of methoxy groups -OCH3 is 1. The van der Waals surface area contributed by atoms with Gasteiger partial charge in [-0.15, -0.1) is 0 Å². The van der Waals surface area contributed by atoms with Gasteiger partial charge in [-0.25, -0.2) is 5.43 Å². The Kier molecular flexibility index (Phi) is 7.35. The van der Waals surface area contributed by atoms with Gasteiger partial charge in [-0.05, 0) is 54.4 Å². The van der Waals surface area contributed by atoms with E-state index in [2.05, 4.69) is 20.7 Å². The fourth-order valence-corrected chi connectivity index (χ4v) is 3.29. The molecule has 36 heavy (non-hydrogen) atoms. The number of aromatic amines is 1. The van der Waals surface area contributed by atoms with E-state index in [0.717, 1.165) is 11.1 Å². The second kappa shape index (κ2) is 11.0. The highest BCUT2D eigenvalue weighted by Gasteiger charge is 2.13. The number of benzene rings is 3. The summed E-state index contributed by atoms with van der Waals surface area (Å²) in [6.07, 6.45) is 1.39. The number of hydrogen-bond donors (Lipinski definition) is 2. The molecule has 0 aliphatic rings. The number of non-ortho nitro benzene ring substituents is 1. The van der Waals surface area contributed by atoms with Gasteiger partial charge in [0.25, 0.3) is 11.6 Å². The van der Waals surface area contributed by atoms with Crippen LogP contribution < -0.4 is 14.9 Å². The Morgan fingerprint density at radius 1 is 1.08 bits per heavy atom. The lowest BCUT2D eigenvalue weighted by Crippen LogP contribution is -2.17. The second-order valence-electron chi connectivity index (χ2n) is 7.85. The lowest BCUT2D eigenvalue weighted by atomic mass is 10.1. The maximum absolute atomic E-state index is 12.4. The van der Waals surface area contributed by atoms with Crippen LogP contribution in [0.1, 0.15) is 27.2 Å². The molecule has 10 nitrogen and oxygen atoms in total. The molecule has 1 amide bonds. The summed E-state index contributed by atoms with van der Waals surface area (Å²) in [6.45, 7) is 2.44. The van der Waals surface area contributed by atoms with Crippen molar-refractivity contribution in [2.24, 2.45) is 5.10 Å². The number of H-pyrrole nitrogens is 1. The first kappa shape index (κ1) is 24.1. The van der Waals surface area contributed by atoms with E-state index in [-0.39, 0.29) is 11.4 Å². The first-order chi connectivity index (χ1) is 17.4. The molecule has 0 fully saturated rings. The number of nitrogens with zero attached hydrogens (tertiary/aromatic N) is 3. The van der Waals surface area contributed by atoms with Crippen LogP contribution in [-0.4, -0.2) is 34.4 Å². The number of aryl methyl sites for hydroxylation is 1. The summed E-state index contributed by atoms with van der Waals surface area (Å²) < 4.78 is 11.4. The van der Waals surface area contributed by atoms with Gasteiger partial charge in [0.2, 0.25) is 0 Å². The number of amides is 1. The van der Waals surface area contributed by atoms with Crippen molar-refractivity contribution < 1.29 is 19.2 Å². The van der Waals surface area contributed by atoms with Gasteiger partial charge in [0.15, 0.2) is 11.5 Å². The summed E-state index contributed by atoms with van der Waals surface area (Å²) in [4.78, 5) is 22.6. The zero-order valence-corrected chi connectivity index (χ0v) is 19.6. The molecule has 0 bridgehead atoms. The van der Waals surface area contributed by atoms with Crippen LogP contribution in [0, 0.1) is 17.0 Å². The van der Waals surface area contributed by atoms with Crippen molar-refractivity contribution in [3.8, 4) is 22.8 Å². The van der Waals surface area contributed by atoms with Gasteiger partial charge in [0, 0.05) is 17.7 Å². The van der Waals surface area contributed by atoms with E-state index < -0.39 is 10.8 Å². The molecular weight excluding hydrogens is 462 g/mol. The lowest BCUT2D eigenvalue weighted by Gasteiger charge is -2.12. The molecule has 2 N–H and O–H groups in total. The molecule has 182 valence electrons. The topological polar surface area (TPSA) is 132 Å². The van der Waals surface area contributed by atoms with Crippen LogP contribution in [0.25, 0.3) is 11.3 Å². The van der Waals surface area contributed by atoms with Crippen molar-refractivity contribution in [3.05, 3.63) is 105 Å². The third-order valence-corrected chi connectivity index (χ3v) is 5.28. The standard InChI is InChI=1S/C26H23N5O5/c1-17-3-5-19(6-4-17)16-36-24-12-9-20(13-25(24)35-2)22-14-23(29-28-22)26(32)30-27-15-18-7-10-21(11-8-18)31(33)34/h3-15H,16H2,1-2H3,(H,28,29)(H,30,32)/b27-15-. The molecule has 1 heterocycles. The molecule has 10 heteroatoms. The molecular formula is C26H23N5O5. The number of carbonyl (C=O) groups is 1. The molecule has 0 atom stereocenters. The molecule has 0 spiro atoms. The first-order valence-corrected chi connectivity index (χ1v) is 10.9. The van der Waals surface area contributed by atoms with Crippen molar-refractivity contribution in [2.45, 2.75) is 13.5 Å². The maximum Gasteiger partial charge on any atom is 0.289 e. The summed E-state index contributed by atoms with van der Waals surface area (Å²) >= 11 is 0. The summed E-state index contributed by atoms with van der Waals surface area (Å²) in [6, 6.07) is 20.9. The number of hydrogen-bond acceptors (Lipinski definition) is 7. The first-order valence-electron chi connectivity index (χ1n) is 10.9. The monoisotopic (exact) mass is 485 g/mol. The van der Waals surface area contributed by atoms with E-state index in [1.165, 1.54) is 36.0 Å². The van der Waals surface area contributed by atoms with Crippen molar-refractivity contribution >= 4 is 17.8 Å². The largest absolute Gasteiger partial charge is 0.493 e. The number of aromatic nitrogens is 2. The van der Waals surface area contributed by atoms with Crippen molar-refractivity contribution in [1.29, 1.82) is 0 Å². The van der Waals surface area contributed by atoms with Crippen LogP contribution in [0.5, 0.6) is 11.5 Å². The van der Waals surface area contributed by atoms with Gasteiger partial charge < -0.3 is 9.47 Å². The average molecular weight is 486 g/mol. The number of rotatable bonds is 9. The average Bonchev–Trinajstić information content (AvgIpc) is 3.39. The second-order valence-corrected chi connectivity index (χ2v) is 7.85. The fraction of sp³-hybridized carbons (Fsp3) is 0.115. The minimum absolute atomic E-state index is 0.0244. The number of hydrazone groups is 1. The van der Waals surface area contributed by atoms with Crippen LogP contribution in [0.15, 0.2) is 77.9 Å². The number of nitro benzene ring substituents is 1. The zero-order chi connectivity index (χ0) is 25.5. The normalized spacial score (nSPS) is 10.8. The molecule has 4 aromatic rings. The molecule has 0 saturated heterocycles. The molecule has 0 aliphatic heterocycles. The van der Waals surface area contributed by atoms with Crippen molar-refractivity contribution in [1.82, 2.24) is 15.6 Å². The van der Waals surface area contributed by atoms with Crippen molar-refractivity contribution in [3.63, 3.8) is 0 Å². The summed E-state index contributed by atoms with van der Waals surface area (Å²) in [5.41, 5.74) is 6.70. The van der Waals surface area contributed by atoms with Crippen LogP contribution in [0.4, 0.5) is 5.69 Å². The van der Waals surface area contributed by atoms with Crippen LogP contribution in [-0.2, 0) is 6.61 Å².